The Kier molecular flexibility index (Phi) is 6.18. The fourth-order valence-corrected chi connectivity index (χ4v) is 3.18. The number of carboxylic acid groups (broad SMARTS) is 1. The van der Waals surface area contributed by atoms with Gasteiger partial charge in [0.25, 0.3) is 5.91 Å². The van der Waals surface area contributed by atoms with Gasteiger partial charge < -0.3 is 25.0 Å². The second-order valence-electron chi connectivity index (χ2n) is 8.19. The van der Waals surface area contributed by atoms with Crippen molar-refractivity contribution in [3.8, 4) is 0 Å². The van der Waals surface area contributed by atoms with E-state index < -0.39 is 23.7 Å². The summed E-state index contributed by atoms with van der Waals surface area (Å²) >= 11 is 0. The zero-order valence-corrected chi connectivity index (χ0v) is 16.5. The predicted octanol–water partition coefficient (Wildman–Crippen LogP) is 2.93. The molecule has 0 bridgehead atoms. The van der Waals surface area contributed by atoms with Gasteiger partial charge in [-0.15, -0.1) is 0 Å². The smallest absolute Gasteiger partial charge is 0.408 e. The lowest BCUT2D eigenvalue weighted by Gasteiger charge is -2.25. The molecule has 2 heterocycles. The van der Waals surface area contributed by atoms with Gasteiger partial charge in [0, 0.05) is 12.2 Å². The van der Waals surface area contributed by atoms with Crippen LogP contribution < -0.4 is 5.32 Å². The quantitative estimate of drug-likeness (QED) is 0.728. The molecule has 1 aromatic rings. The number of aromatic nitrogens is 1. The van der Waals surface area contributed by atoms with Crippen LogP contribution in [0.5, 0.6) is 0 Å². The molecule has 0 spiro atoms. The number of hydrogen-bond acceptors (Lipinski definition) is 4. The molecule has 150 valence electrons. The van der Waals surface area contributed by atoms with Gasteiger partial charge in [-0.3, -0.25) is 4.79 Å². The van der Waals surface area contributed by atoms with Crippen molar-refractivity contribution < 1.29 is 24.2 Å². The van der Waals surface area contributed by atoms with Crippen molar-refractivity contribution in [1.29, 1.82) is 0 Å². The highest BCUT2D eigenvalue weighted by atomic mass is 16.6. The van der Waals surface area contributed by atoms with Crippen LogP contribution >= 0.6 is 0 Å². The predicted molar refractivity (Wildman–Crippen MR) is 99.4 cm³/mol. The molecule has 2 amide bonds. The van der Waals surface area contributed by atoms with Crippen LogP contribution in [0.3, 0.4) is 0 Å². The maximum atomic E-state index is 12.7. The molecule has 1 aliphatic rings. The van der Waals surface area contributed by atoms with Crippen molar-refractivity contribution in [2.45, 2.75) is 65.1 Å². The molecule has 2 atom stereocenters. The third-order valence-electron chi connectivity index (χ3n) is 4.41. The van der Waals surface area contributed by atoms with Gasteiger partial charge >= 0.3 is 12.1 Å². The summed E-state index contributed by atoms with van der Waals surface area (Å²) in [6.45, 7) is 9.69. The van der Waals surface area contributed by atoms with Crippen LogP contribution in [0, 0.1) is 5.92 Å². The third kappa shape index (κ3) is 5.24. The summed E-state index contributed by atoms with van der Waals surface area (Å²) in [7, 11) is 0. The maximum Gasteiger partial charge on any atom is 0.408 e. The average molecular weight is 379 g/mol. The highest BCUT2D eigenvalue weighted by molar-refractivity contribution is 5.95. The number of amides is 2. The first-order valence-corrected chi connectivity index (χ1v) is 9.22. The largest absolute Gasteiger partial charge is 0.480 e. The zero-order chi connectivity index (χ0) is 20.4. The Labute approximate surface area is 159 Å². The molecule has 27 heavy (non-hydrogen) atoms. The second kappa shape index (κ2) is 8.02. The molecule has 1 saturated heterocycles. The van der Waals surface area contributed by atoms with Crippen LogP contribution in [0.4, 0.5) is 4.79 Å². The lowest BCUT2D eigenvalue weighted by Crippen LogP contribution is -2.40. The molecular formula is C19H29N3O5. The van der Waals surface area contributed by atoms with Crippen molar-refractivity contribution in [3.63, 3.8) is 0 Å². The van der Waals surface area contributed by atoms with E-state index in [-0.39, 0.29) is 17.9 Å². The number of alkyl carbamates (subject to hydrolysis) is 1. The summed E-state index contributed by atoms with van der Waals surface area (Å²) in [4.78, 5) is 40.6. The number of ether oxygens (including phenoxy) is 1. The molecule has 8 heteroatoms. The van der Waals surface area contributed by atoms with Crippen LogP contribution in [0.2, 0.25) is 0 Å². The molecular weight excluding hydrogens is 350 g/mol. The van der Waals surface area contributed by atoms with E-state index in [1.54, 1.807) is 32.9 Å². The highest BCUT2D eigenvalue weighted by Crippen LogP contribution is 2.24. The Balaban J connectivity index is 2.14. The van der Waals surface area contributed by atoms with E-state index >= 15 is 0 Å². The number of H-pyrrole nitrogens is 1. The first-order valence-electron chi connectivity index (χ1n) is 9.22. The normalized spacial score (nSPS) is 18.4. The third-order valence-corrected chi connectivity index (χ3v) is 4.41. The van der Waals surface area contributed by atoms with E-state index in [0.29, 0.717) is 30.8 Å². The van der Waals surface area contributed by atoms with Crippen LogP contribution in [0.25, 0.3) is 0 Å². The molecule has 1 fully saturated rings. The molecule has 8 nitrogen and oxygen atoms in total. The van der Waals surface area contributed by atoms with E-state index in [1.165, 1.54) is 4.90 Å². The lowest BCUT2D eigenvalue weighted by molar-refractivity contribution is -0.141. The fraction of sp³-hybridized carbons (Fsp3) is 0.632. The van der Waals surface area contributed by atoms with Crippen LogP contribution in [0.15, 0.2) is 12.1 Å². The van der Waals surface area contributed by atoms with E-state index in [9.17, 15) is 19.5 Å². The lowest BCUT2D eigenvalue weighted by atomic mass is 10.0. The van der Waals surface area contributed by atoms with Crippen molar-refractivity contribution in [3.05, 3.63) is 23.5 Å². The highest BCUT2D eigenvalue weighted by Gasteiger charge is 2.35. The molecule has 0 radical (unpaired) electrons. The first-order chi connectivity index (χ1) is 12.5. The second-order valence-corrected chi connectivity index (χ2v) is 8.19. The molecule has 1 aromatic heterocycles. The van der Waals surface area contributed by atoms with Gasteiger partial charge in [0.2, 0.25) is 0 Å². The Hall–Kier alpha value is -2.51. The molecule has 0 aromatic carbocycles. The van der Waals surface area contributed by atoms with Gasteiger partial charge in [-0.05, 0) is 51.7 Å². The number of aromatic amines is 1. The molecule has 0 unspecified atom stereocenters. The topological polar surface area (TPSA) is 112 Å². The minimum atomic E-state index is -0.987. The minimum absolute atomic E-state index is 0.0534. The fourth-order valence-electron chi connectivity index (χ4n) is 3.18. The van der Waals surface area contributed by atoms with Gasteiger partial charge in [0.05, 0.1) is 6.04 Å². The standard InChI is InChI=1S/C19H29N3O5/c1-11(2)15(21-18(26)27-19(3,4)5)12-8-9-13(20-12)16(23)22-10-6-7-14(22)17(24)25/h8-9,11,14-15,20H,6-7,10H2,1-5H3,(H,21,26)(H,24,25)/t14-,15-/m0/s1. The van der Waals surface area contributed by atoms with Gasteiger partial charge in [0.1, 0.15) is 17.3 Å². The summed E-state index contributed by atoms with van der Waals surface area (Å²) in [5.41, 5.74) is 0.379. The SMILES string of the molecule is CC(C)[C@H](NC(=O)OC(C)(C)C)c1ccc(C(=O)N2CCC[C@H]2C(=O)O)[nH]1. The Bertz CT molecular complexity index is 704. The summed E-state index contributed by atoms with van der Waals surface area (Å²) in [5.74, 6) is -1.28. The summed E-state index contributed by atoms with van der Waals surface area (Å²) < 4.78 is 5.31. The number of carboxylic acids is 1. The Morgan fingerprint density at radius 2 is 1.96 bits per heavy atom. The number of likely N-dealkylation sites (tertiary alicyclic amines) is 1. The van der Waals surface area contributed by atoms with Crippen molar-refractivity contribution in [1.82, 2.24) is 15.2 Å². The van der Waals surface area contributed by atoms with Gasteiger partial charge in [-0.1, -0.05) is 13.8 Å². The number of carbonyl (C=O) groups is 3. The number of nitrogens with one attached hydrogen (secondary N) is 2. The zero-order valence-electron chi connectivity index (χ0n) is 16.5. The van der Waals surface area contributed by atoms with Gasteiger partial charge in [-0.25, -0.2) is 9.59 Å². The van der Waals surface area contributed by atoms with E-state index in [0.717, 1.165) is 0 Å². The van der Waals surface area contributed by atoms with Gasteiger partial charge in [0.15, 0.2) is 0 Å². The van der Waals surface area contributed by atoms with E-state index in [4.69, 9.17) is 4.74 Å². The summed E-state index contributed by atoms with van der Waals surface area (Å²) in [6.07, 6.45) is 0.600. The van der Waals surface area contributed by atoms with Crippen molar-refractivity contribution in [2.24, 2.45) is 5.92 Å². The van der Waals surface area contributed by atoms with Crippen molar-refractivity contribution in [2.75, 3.05) is 6.54 Å². The molecule has 3 N–H and O–H groups in total. The molecule has 0 aliphatic carbocycles. The van der Waals surface area contributed by atoms with Crippen LogP contribution in [0.1, 0.15) is 69.7 Å². The number of carbonyl (C=O) groups excluding carboxylic acids is 2. The van der Waals surface area contributed by atoms with Crippen LogP contribution in [-0.4, -0.2) is 51.1 Å². The monoisotopic (exact) mass is 379 g/mol. The Morgan fingerprint density at radius 3 is 2.52 bits per heavy atom. The minimum Gasteiger partial charge on any atom is -0.480 e. The number of aliphatic carboxylic acids is 1. The van der Waals surface area contributed by atoms with Gasteiger partial charge in [-0.2, -0.15) is 0 Å². The molecule has 1 aliphatic heterocycles. The number of hydrogen-bond donors (Lipinski definition) is 3. The number of nitrogens with zero attached hydrogens (tertiary/aromatic N) is 1. The first kappa shape index (κ1) is 20.8. The summed E-state index contributed by atoms with van der Waals surface area (Å²) in [6, 6.07) is 2.21. The van der Waals surface area contributed by atoms with Crippen LogP contribution in [-0.2, 0) is 9.53 Å². The van der Waals surface area contributed by atoms with E-state index in [2.05, 4.69) is 10.3 Å². The molecule has 0 saturated carbocycles. The number of rotatable bonds is 5. The molecule has 2 rings (SSSR count). The Morgan fingerprint density at radius 1 is 1.30 bits per heavy atom. The average Bonchev–Trinajstić information content (AvgIpc) is 3.19. The maximum absolute atomic E-state index is 12.7. The van der Waals surface area contributed by atoms with Crippen molar-refractivity contribution >= 4 is 18.0 Å². The summed E-state index contributed by atoms with van der Waals surface area (Å²) in [5, 5.41) is 12.1. The van der Waals surface area contributed by atoms with E-state index in [1.807, 2.05) is 13.8 Å².